The molecule has 1 aromatic carbocycles. The Bertz CT molecular complexity index is 379. The average molecular weight is 225 g/mol. The zero-order valence-electron chi connectivity index (χ0n) is 9.15. The highest BCUT2D eigenvalue weighted by atomic mass is 32.1. The summed E-state index contributed by atoms with van der Waals surface area (Å²) in [5.41, 5.74) is 2.33. The summed E-state index contributed by atoms with van der Waals surface area (Å²) in [5, 5.41) is 0.0829. The summed E-state index contributed by atoms with van der Waals surface area (Å²) in [5.74, 6) is 1.65. The van der Waals surface area contributed by atoms with Gasteiger partial charge in [0, 0.05) is 0 Å². The fourth-order valence-electron chi connectivity index (χ4n) is 1.62. The highest BCUT2D eigenvalue weighted by Gasteiger charge is 2.19. The van der Waals surface area contributed by atoms with Gasteiger partial charge in [0.25, 0.3) is 0 Å². The van der Waals surface area contributed by atoms with Gasteiger partial charge in [0.1, 0.15) is 0 Å². The molecule has 15 heavy (non-hydrogen) atoms. The van der Waals surface area contributed by atoms with E-state index in [0.29, 0.717) is 6.79 Å². The highest BCUT2D eigenvalue weighted by molar-refractivity contribution is 7.80. The molecule has 4 heteroatoms. The van der Waals surface area contributed by atoms with Crippen LogP contribution in [0.3, 0.4) is 0 Å². The lowest BCUT2D eigenvalue weighted by Gasteiger charge is -2.21. The van der Waals surface area contributed by atoms with E-state index in [2.05, 4.69) is 19.6 Å². The van der Waals surface area contributed by atoms with Crippen LogP contribution in [0.15, 0.2) is 12.1 Å². The summed E-state index contributed by atoms with van der Waals surface area (Å²) in [7, 11) is 4.00. The van der Waals surface area contributed by atoms with Crippen molar-refractivity contribution in [2.75, 3.05) is 20.9 Å². The number of benzene rings is 1. The van der Waals surface area contributed by atoms with Crippen molar-refractivity contribution in [1.29, 1.82) is 0 Å². The van der Waals surface area contributed by atoms with Gasteiger partial charge in [-0.15, -0.1) is 0 Å². The summed E-state index contributed by atoms with van der Waals surface area (Å²) in [6, 6.07) is 4.01. The molecule has 0 saturated carbocycles. The minimum atomic E-state index is 0.0829. The van der Waals surface area contributed by atoms with Gasteiger partial charge in [-0.3, -0.25) is 4.90 Å². The van der Waals surface area contributed by atoms with Crippen molar-refractivity contribution in [3.8, 4) is 11.5 Å². The van der Waals surface area contributed by atoms with E-state index in [4.69, 9.17) is 9.47 Å². The molecule has 0 saturated heterocycles. The van der Waals surface area contributed by atoms with Crippen LogP contribution in [0.1, 0.15) is 16.5 Å². The van der Waals surface area contributed by atoms with Crippen LogP contribution in [0.2, 0.25) is 0 Å². The Morgan fingerprint density at radius 1 is 1.27 bits per heavy atom. The normalized spacial score (nSPS) is 15.8. The monoisotopic (exact) mass is 225 g/mol. The number of aryl methyl sites for hydroxylation is 1. The topological polar surface area (TPSA) is 21.7 Å². The third kappa shape index (κ3) is 1.92. The van der Waals surface area contributed by atoms with E-state index >= 15 is 0 Å². The van der Waals surface area contributed by atoms with Gasteiger partial charge in [0.15, 0.2) is 11.5 Å². The van der Waals surface area contributed by atoms with Crippen LogP contribution in [-0.4, -0.2) is 25.8 Å². The van der Waals surface area contributed by atoms with Crippen molar-refractivity contribution in [2.24, 2.45) is 0 Å². The quantitative estimate of drug-likeness (QED) is 0.616. The zero-order chi connectivity index (χ0) is 11.0. The summed E-state index contributed by atoms with van der Waals surface area (Å²) < 4.78 is 10.7. The van der Waals surface area contributed by atoms with Crippen LogP contribution in [-0.2, 0) is 0 Å². The van der Waals surface area contributed by atoms with Gasteiger partial charge in [-0.1, -0.05) is 0 Å². The molecule has 0 N–H and O–H groups in total. The van der Waals surface area contributed by atoms with Gasteiger partial charge in [-0.05, 0) is 44.3 Å². The first kappa shape index (κ1) is 10.6. The SMILES string of the molecule is Cc1cc2c(cc1C(S)N(C)C)OCO2. The van der Waals surface area contributed by atoms with Crippen LogP contribution in [0.5, 0.6) is 11.5 Å². The van der Waals surface area contributed by atoms with Crippen molar-refractivity contribution in [1.82, 2.24) is 4.90 Å². The molecule has 0 fully saturated rings. The molecular weight excluding hydrogens is 210 g/mol. The van der Waals surface area contributed by atoms with Crippen molar-refractivity contribution >= 4 is 12.6 Å². The molecule has 0 aliphatic carbocycles. The molecule has 1 heterocycles. The van der Waals surface area contributed by atoms with Gasteiger partial charge in [0.05, 0.1) is 5.37 Å². The molecular formula is C11H15NO2S. The van der Waals surface area contributed by atoms with E-state index in [0.717, 1.165) is 17.1 Å². The third-order valence-corrected chi connectivity index (χ3v) is 3.27. The molecule has 1 aliphatic rings. The molecule has 0 radical (unpaired) electrons. The lowest BCUT2D eigenvalue weighted by molar-refractivity contribution is 0.174. The molecule has 1 unspecified atom stereocenters. The van der Waals surface area contributed by atoms with E-state index in [1.54, 1.807) is 0 Å². The van der Waals surface area contributed by atoms with Crippen LogP contribution in [0, 0.1) is 6.92 Å². The molecule has 0 spiro atoms. The average Bonchev–Trinajstić information content (AvgIpc) is 2.62. The maximum atomic E-state index is 5.35. The summed E-state index contributed by atoms with van der Waals surface area (Å²) in [6.45, 7) is 2.38. The Kier molecular flexibility index (Phi) is 2.80. The Hall–Kier alpha value is -0.870. The fourth-order valence-corrected chi connectivity index (χ4v) is 1.89. The number of hydrogen-bond donors (Lipinski definition) is 1. The van der Waals surface area contributed by atoms with Crippen molar-refractivity contribution < 1.29 is 9.47 Å². The van der Waals surface area contributed by atoms with E-state index in [-0.39, 0.29) is 5.37 Å². The number of rotatable bonds is 2. The predicted octanol–water partition coefficient (Wildman–Crippen LogP) is 2.21. The fraction of sp³-hybridized carbons (Fsp3) is 0.455. The van der Waals surface area contributed by atoms with Gasteiger partial charge in [-0.2, -0.15) is 12.6 Å². The van der Waals surface area contributed by atoms with Crippen LogP contribution in [0.4, 0.5) is 0 Å². The van der Waals surface area contributed by atoms with Gasteiger partial charge in [-0.25, -0.2) is 0 Å². The lowest BCUT2D eigenvalue weighted by Crippen LogP contribution is -2.15. The molecule has 1 atom stereocenters. The zero-order valence-corrected chi connectivity index (χ0v) is 10.0. The number of fused-ring (bicyclic) bond motifs is 1. The molecule has 82 valence electrons. The molecule has 2 rings (SSSR count). The Balaban J connectivity index is 2.40. The predicted molar refractivity (Wildman–Crippen MR) is 62.7 cm³/mol. The van der Waals surface area contributed by atoms with Crippen LogP contribution >= 0.6 is 12.6 Å². The van der Waals surface area contributed by atoms with Crippen molar-refractivity contribution in [3.05, 3.63) is 23.3 Å². The first-order valence-electron chi connectivity index (χ1n) is 4.84. The Morgan fingerprint density at radius 2 is 1.87 bits per heavy atom. The largest absolute Gasteiger partial charge is 0.454 e. The van der Waals surface area contributed by atoms with Crippen molar-refractivity contribution in [3.63, 3.8) is 0 Å². The molecule has 0 aromatic heterocycles. The van der Waals surface area contributed by atoms with Gasteiger partial charge < -0.3 is 9.47 Å². The van der Waals surface area contributed by atoms with Crippen LogP contribution < -0.4 is 9.47 Å². The van der Waals surface area contributed by atoms with Crippen molar-refractivity contribution in [2.45, 2.75) is 12.3 Å². The minimum absolute atomic E-state index is 0.0829. The second-order valence-electron chi connectivity index (χ2n) is 3.90. The highest BCUT2D eigenvalue weighted by Crippen LogP contribution is 2.38. The first-order chi connectivity index (χ1) is 7.09. The second-order valence-corrected chi connectivity index (χ2v) is 4.39. The molecule has 1 aliphatic heterocycles. The second kappa shape index (κ2) is 3.94. The van der Waals surface area contributed by atoms with E-state index in [1.165, 1.54) is 5.56 Å². The lowest BCUT2D eigenvalue weighted by atomic mass is 10.1. The van der Waals surface area contributed by atoms with E-state index in [9.17, 15) is 0 Å². The van der Waals surface area contributed by atoms with Gasteiger partial charge >= 0.3 is 0 Å². The molecule has 1 aromatic rings. The number of thiol groups is 1. The first-order valence-corrected chi connectivity index (χ1v) is 5.36. The van der Waals surface area contributed by atoms with E-state index in [1.807, 2.05) is 31.1 Å². The maximum Gasteiger partial charge on any atom is 0.231 e. The summed E-state index contributed by atoms with van der Waals surface area (Å²) >= 11 is 4.55. The van der Waals surface area contributed by atoms with Crippen LogP contribution in [0.25, 0.3) is 0 Å². The molecule has 0 amide bonds. The van der Waals surface area contributed by atoms with E-state index < -0.39 is 0 Å². The summed E-state index contributed by atoms with van der Waals surface area (Å²) in [4.78, 5) is 2.05. The Labute approximate surface area is 95.4 Å². The van der Waals surface area contributed by atoms with Gasteiger partial charge in [0.2, 0.25) is 6.79 Å². The maximum absolute atomic E-state index is 5.35. The molecule has 0 bridgehead atoms. The third-order valence-electron chi connectivity index (χ3n) is 2.53. The number of hydrogen-bond acceptors (Lipinski definition) is 4. The minimum Gasteiger partial charge on any atom is -0.454 e. The molecule has 3 nitrogen and oxygen atoms in total. The number of ether oxygens (including phenoxy) is 2. The standard InChI is InChI=1S/C11H15NO2S/c1-7-4-9-10(14-6-13-9)5-8(7)11(15)12(2)3/h4-5,11,15H,6H2,1-3H3. The Morgan fingerprint density at radius 3 is 2.47 bits per heavy atom. The summed E-state index contributed by atoms with van der Waals surface area (Å²) in [6.07, 6.45) is 0. The smallest absolute Gasteiger partial charge is 0.231 e. The number of nitrogens with zero attached hydrogens (tertiary/aromatic N) is 1.